The number of likely N-dealkylation sites (N-methyl/N-ethyl adjacent to an activating group) is 1. The molecule has 2 bridgehead atoms. The highest BCUT2D eigenvalue weighted by atomic mass is 16.5. The summed E-state index contributed by atoms with van der Waals surface area (Å²) in [5.41, 5.74) is 3.00. The van der Waals surface area contributed by atoms with Crippen molar-refractivity contribution in [2.24, 2.45) is 17.8 Å². The number of fused-ring (bicyclic) bond motifs is 3. The quantitative estimate of drug-likeness (QED) is 0.472. The topological polar surface area (TPSA) is 46.6 Å². The van der Waals surface area contributed by atoms with Gasteiger partial charge in [-0.25, -0.2) is 0 Å². The molecule has 26 heavy (non-hydrogen) atoms. The van der Waals surface area contributed by atoms with Gasteiger partial charge in [0.25, 0.3) is 0 Å². The molecule has 1 heterocycles. The molecule has 0 aromatic heterocycles. The van der Waals surface area contributed by atoms with Crippen molar-refractivity contribution >= 4 is 17.4 Å². The summed E-state index contributed by atoms with van der Waals surface area (Å²) in [5, 5.41) is 0. The molecule has 0 amide bonds. The fraction of sp³-hybridized carbons (Fsp3) is 0.455. The van der Waals surface area contributed by atoms with Crippen molar-refractivity contribution in [3.63, 3.8) is 0 Å². The number of para-hydroxylation sites is 1. The predicted octanol–water partition coefficient (Wildman–Crippen LogP) is 3.62. The monoisotopic (exact) mass is 351 g/mol. The van der Waals surface area contributed by atoms with Crippen LogP contribution in [0.15, 0.2) is 48.2 Å². The number of carbonyl (C=O) groups excluding carboxylic acids is 2. The average molecular weight is 351 g/mol. The molecule has 0 saturated heterocycles. The van der Waals surface area contributed by atoms with Gasteiger partial charge in [0.05, 0.1) is 5.92 Å². The minimum absolute atomic E-state index is 0.0692. The summed E-state index contributed by atoms with van der Waals surface area (Å²) in [6.07, 6.45) is 7.86. The Morgan fingerprint density at radius 1 is 1.23 bits per heavy atom. The maximum Gasteiger partial charge on any atom is 0.310 e. The van der Waals surface area contributed by atoms with Crippen molar-refractivity contribution in [1.29, 1.82) is 0 Å². The molecule has 0 spiro atoms. The van der Waals surface area contributed by atoms with E-state index < -0.39 is 0 Å². The van der Waals surface area contributed by atoms with Crippen molar-refractivity contribution in [3.8, 4) is 0 Å². The minimum atomic E-state index is -0.250. The third-order valence-corrected chi connectivity index (χ3v) is 6.18. The number of anilines is 1. The zero-order chi connectivity index (χ0) is 18.5. The third-order valence-electron chi connectivity index (χ3n) is 6.18. The normalized spacial score (nSPS) is 29.3. The molecule has 3 atom stereocenters. The number of nitrogens with zero attached hydrogens (tertiary/aromatic N) is 1. The van der Waals surface area contributed by atoms with Crippen LogP contribution in [0.5, 0.6) is 0 Å². The molecule has 4 heteroatoms. The van der Waals surface area contributed by atoms with Gasteiger partial charge in [-0.1, -0.05) is 44.2 Å². The molecule has 136 valence electrons. The van der Waals surface area contributed by atoms with Gasteiger partial charge >= 0.3 is 5.97 Å². The van der Waals surface area contributed by atoms with E-state index in [1.54, 1.807) is 6.08 Å². The van der Waals surface area contributed by atoms with Gasteiger partial charge < -0.3 is 9.64 Å². The summed E-state index contributed by atoms with van der Waals surface area (Å²) in [4.78, 5) is 26.8. The van der Waals surface area contributed by atoms with Crippen molar-refractivity contribution in [3.05, 3.63) is 53.8 Å². The molecule has 1 saturated carbocycles. The van der Waals surface area contributed by atoms with E-state index in [2.05, 4.69) is 43.0 Å². The molecule has 1 aliphatic heterocycles. The number of hydrogen-bond acceptors (Lipinski definition) is 4. The van der Waals surface area contributed by atoms with Gasteiger partial charge in [-0.3, -0.25) is 9.59 Å². The van der Waals surface area contributed by atoms with Crippen LogP contribution in [0.3, 0.4) is 0 Å². The van der Waals surface area contributed by atoms with E-state index >= 15 is 0 Å². The van der Waals surface area contributed by atoms with Crippen LogP contribution in [0.25, 0.3) is 0 Å². The third kappa shape index (κ3) is 2.68. The van der Waals surface area contributed by atoms with Crippen LogP contribution in [-0.2, 0) is 19.7 Å². The molecule has 1 aromatic carbocycles. The molecule has 2 aliphatic carbocycles. The lowest BCUT2D eigenvalue weighted by Crippen LogP contribution is -2.26. The van der Waals surface area contributed by atoms with Crippen LogP contribution < -0.4 is 4.90 Å². The zero-order valence-corrected chi connectivity index (χ0v) is 15.6. The van der Waals surface area contributed by atoms with Crippen molar-refractivity contribution in [2.45, 2.75) is 32.1 Å². The minimum Gasteiger partial charge on any atom is -0.457 e. The molecule has 0 radical (unpaired) electrons. The first-order valence-electron chi connectivity index (χ1n) is 9.31. The van der Waals surface area contributed by atoms with Gasteiger partial charge in [-0.05, 0) is 36.3 Å². The van der Waals surface area contributed by atoms with Gasteiger partial charge in [0.15, 0.2) is 12.4 Å². The maximum absolute atomic E-state index is 12.5. The largest absolute Gasteiger partial charge is 0.457 e. The molecule has 3 unspecified atom stereocenters. The van der Waals surface area contributed by atoms with Gasteiger partial charge in [0.2, 0.25) is 0 Å². The van der Waals surface area contributed by atoms with E-state index in [-0.39, 0.29) is 29.7 Å². The number of hydrogen-bond donors (Lipinski definition) is 0. The lowest BCUT2D eigenvalue weighted by atomic mass is 9.83. The molecule has 4 rings (SSSR count). The Kier molecular flexibility index (Phi) is 4.02. The Balaban J connectivity index is 1.43. The molecular formula is C22H25NO3. The highest BCUT2D eigenvalue weighted by Crippen LogP contribution is 2.46. The Labute approximate surface area is 154 Å². The van der Waals surface area contributed by atoms with Crippen molar-refractivity contribution in [1.82, 2.24) is 0 Å². The summed E-state index contributed by atoms with van der Waals surface area (Å²) < 4.78 is 5.35. The number of rotatable bonds is 4. The van der Waals surface area contributed by atoms with Crippen LogP contribution >= 0.6 is 0 Å². The highest BCUT2D eigenvalue weighted by Gasteiger charge is 2.41. The molecule has 3 aliphatic rings. The Morgan fingerprint density at radius 2 is 2.00 bits per heavy atom. The van der Waals surface area contributed by atoms with Crippen LogP contribution in [0.4, 0.5) is 5.69 Å². The summed E-state index contributed by atoms with van der Waals surface area (Å²) in [6, 6.07) is 8.18. The number of ketones is 1. The second kappa shape index (κ2) is 6.11. The Hall–Kier alpha value is -2.36. The first kappa shape index (κ1) is 17.1. The van der Waals surface area contributed by atoms with Crippen LogP contribution in [-0.4, -0.2) is 25.4 Å². The van der Waals surface area contributed by atoms with Gasteiger partial charge in [-0.15, -0.1) is 0 Å². The lowest BCUT2D eigenvalue weighted by molar-refractivity contribution is -0.152. The van der Waals surface area contributed by atoms with E-state index in [0.717, 1.165) is 24.2 Å². The summed E-state index contributed by atoms with van der Waals surface area (Å²) >= 11 is 0. The number of esters is 1. The maximum atomic E-state index is 12.5. The summed E-state index contributed by atoms with van der Waals surface area (Å²) in [7, 11) is 1.97. The van der Waals surface area contributed by atoms with Gasteiger partial charge in [0.1, 0.15) is 0 Å². The van der Waals surface area contributed by atoms with Crippen LogP contribution in [0.2, 0.25) is 0 Å². The summed E-state index contributed by atoms with van der Waals surface area (Å²) in [5.74, 6) is 0.355. The van der Waals surface area contributed by atoms with Crippen molar-refractivity contribution < 1.29 is 14.3 Å². The smallest absolute Gasteiger partial charge is 0.310 e. The number of carbonyl (C=O) groups is 2. The van der Waals surface area contributed by atoms with Crippen LogP contribution in [0.1, 0.15) is 32.3 Å². The SMILES string of the molecule is CN1C(=CC(=O)COC(=O)C2CC3C=CC2C3)C(C)(C)c2ccccc21. The van der Waals surface area contributed by atoms with E-state index in [4.69, 9.17) is 4.74 Å². The average Bonchev–Trinajstić information content (AvgIpc) is 3.30. The van der Waals surface area contributed by atoms with E-state index in [9.17, 15) is 9.59 Å². The van der Waals surface area contributed by atoms with Crippen LogP contribution in [0, 0.1) is 17.8 Å². The Bertz CT molecular complexity index is 820. The lowest BCUT2D eigenvalue weighted by Gasteiger charge is -2.24. The van der Waals surface area contributed by atoms with Gasteiger partial charge in [-0.2, -0.15) is 0 Å². The van der Waals surface area contributed by atoms with E-state index in [1.165, 1.54) is 5.56 Å². The standard InChI is InChI=1S/C22H25NO3/c1-22(2)18-6-4-5-7-19(18)23(3)20(22)12-16(24)13-26-21(25)17-11-14-8-9-15(17)10-14/h4-9,12,14-15,17H,10-11,13H2,1-3H3. The number of ether oxygens (including phenoxy) is 1. The molecule has 0 N–H and O–H groups in total. The van der Waals surface area contributed by atoms with Gasteiger partial charge in [0, 0.05) is 29.9 Å². The first-order valence-corrected chi connectivity index (χ1v) is 9.31. The van der Waals surface area contributed by atoms with E-state index in [1.807, 2.05) is 19.2 Å². The molecule has 1 fully saturated rings. The van der Waals surface area contributed by atoms with E-state index in [0.29, 0.717) is 11.8 Å². The fourth-order valence-electron chi connectivity index (χ4n) is 4.75. The second-order valence-corrected chi connectivity index (χ2v) is 8.19. The fourth-order valence-corrected chi connectivity index (χ4v) is 4.75. The zero-order valence-electron chi connectivity index (χ0n) is 15.6. The second-order valence-electron chi connectivity index (χ2n) is 8.19. The predicted molar refractivity (Wildman–Crippen MR) is 101 cm³/mol. The number of benzene rings is 1. The molecule has 1 aromatic rings. The molecular weight excluding hydrogens is 326 g/mol. The first-order chi connectivity index (χ1) is 12.4. The van der Waals surface area contributed by atoms with Crippen molar-refractivity contribution in [2.75, 3.05) is 18.6 Å². The summed E-state index contributed by atoms with van der Waals surface area (Å²) in [6.45, 7) is 4.05. The number of allylic oxidation sites excluding steroid dienone is 3. The molecule has 4 nitrogen and oxygen atoms in total. The highest BCUT2D eigenvalue weighted by molar-refractivity contribution is 5.94. The Morgan fingerprint density at radius 3 is 2.65 bits per heavy atom.